The number of benzene rings is 1. The number of rotatable bonds is 5. The van der Waals surface area contributed by atoms with Crippen LogP contribution in [0.25, 0.3) is 11.4 Å². The highest BCUT2D eigenvalue weighted by molar-refractivity contribution is 5.78. The third-order valence-electron chi connectivity index (χ3n) is 6.68. The Hall–Kier alpha value is -2.21. The van der Waals surface area contributed by atoms with Crippen LogP contribution in [-0.2, 0) is 10.2 Å². The Morgan fingerprint density at radius 1 is 1.19 bits per heavy atom. The fourth-order valence-electron chi connectivity index (χ4n) is 5.25. The minimum atomic E-state index is -0.00491. The van der Waals surface area contributed by atoms with Crippen molar-refractivity contribution in [3.8, 4) is 11.4 Å². The van der Waals surface area contributed by atoms with Crippen molar-refractivity contribution in [1.82, 2.24) is 19.9 Å². The molecule has 1 aromatic heterocycles. The van der Waals surface area contributed by atoms with E-state index in [0.29, 0.717) is 17.6 Å². The Balaban J connectivity index is 1.32. The lowest BCUT2D eigenvalue weighted by atomic mass is 9.80. The van der Waals surface area contributed by atoms with E-state index in [9.17, 15) is 4.79 Å². The van der Waals surface area contributed by atoms with Gasteiger partial charge in [0.25, 0.3) is 0 Å². The van der Waals surface area contributed by atoms with Crippen molar-refractivity contribution in [1.29, 1.82) is 0 Å². The van der Waals surface area contributed by atoms with Gasteiger partial charge >= 0.3 is 0 Å². The summed E-state index contributed by atoms with van der Waals surface area (Å²) in [6.45, 7) is 4.76. The molecule has 142 valence electrons. The second-order valence-corrected chi connectivity index (χ2v) is 8.25. The van der Waals surface area contributed by atoms with Crippen LogP contribution >= 0.6 is 0 Å². The molecule has 1 saturated carbocycles. The van der Waals surface area contributed by atoms with Crippen molar-refractivity contribution in [2.24, 2.45) is 5.92 Å². The van der Waals surface area contributed by atoms with Gasteiger partial charge < -0.3 is 14.3 Å². The maximum absolute atomic E-state index is 11.9. The van der Waals surface area contributed by atoms with E-state index in [2.05, 4.69) is 10.1 Å². The van der Waals surface area contributed by atoms with Crippen LogP contribution in [0.1, 0.15) is 38.0 Å². The first-order chi connectivity index (χ1) is 13.2. The summed E-state index contributed by atoms with van der Waals surface area (Å²) >= 11 is 0. The number of carbonyl (C=O) groups is 1. The van der Waals surface area contributed by atoms with Gasteiger partial charge in [0.05, 0.1) is 5.41 Å². The van der Waals surface area contributed by atoms with E-state index >= 15 is 0 Å². The van der Waals surface area contributed by atoms with Gasteiger partial charge in [-0.2, -0.15) is 4.98 Å². The molecule has 1 amide bonds. The molecule has 5 rings (SSSR count). The van der Waals surface area contributed by atoms with Gasteiger partial charge in [0.1, 0.15) is 0 Å². The Morgan fingerprint density at radius 2 is 2.07 bits per heavy atom. The van der Waals surface area contributed by atoms with Gasteiger partial charge in [-0.1, -0.05) is 41.9 Å². The van der Waals surface area contributed by atoms with Gasteiger partial charge in [0.2, 0.25) is 17.6 Å². The smallest absolute Gasteiger partial charge is 0.234 e. The number of nitrogens with zero attached hydrogens (tertiary/aromatic N) is 4. The van der Waals surface area contributed by atoms with Gasteiger partial charge in [-0.3, -0.25) is 4.79 Å². The van der Waals surface area contributed by atoms with Crippen LogP contribution in [0, 0.1) is 5.92 Å². The van der Waals surface area contributed by atoms with E-state index in [0.717, 1.165) is 63.4 Å². The molecule has 3 heterocycles. The summed E-state index contributed by atoms with van der Waals surface area (Å²) in [6, 6.07) is 10.0. The molecular formula is C21H26N4O2. The largest absolute Gasteiger partial charge is 0.341 e. The van der Waals surface area contributed by atoms with Crippen LogP contribution in [-0.4, -0.2) is 58.6 Å². The first-order valence-electron chi connectivity index (χ1n) is 10.1. The van der Waals surface area contributed by atoms with Gasteiger partial charge in [-0.25, -0.2) is 0 Å². The number of carbonyl (C=O) groups excluding carboxylic acids is 1. The summed E-state index contributed by atoms with van der Waals surface area (Å²) in [5, 5.41) is 4.27. The molecule has 2 saturated heterocycles. The predicted octanol–water partition coefficient (Wildman–Crippen LogP) is 2.71. The maximum Gasteiger partial charge on any atom is 0.234 e. The highest BCUT2D eigenvalue weighted by atomic mass is 16.5. The highest BCUT2D eigenvalue weighted by Crippen LogP contribution is 2.50. The zero-order valence-electron chi connectivity index (χ0n) is 15.6. The predicted molar refractivity (Wildman–Crippen MR) is 101 cm³/mol. The van der Waals surface area contributed by atoms with Gasteiger partial charge in [0.15, 0.2) is 0 Å². The molecule has 0 unspecified atom stereocenters. The van der Waals surface area contributed by atoms with E-state index in [-0.39, 0.29) is 5.41 Å². The normalized spacial score (nSPS) is 28.2. The van der Waals surface area contributed by atoms with Crippen LogP contribution in [0.3, 0.4) is 0 Å². The number of aromatic nitrogens is 2. The summed E-state index contributed by atoms with van der Waals surface area (Å²) in [5.41, 5.74) is 0.996. The first-order valence-corrected chi connectivity index (χ1v) is 10.1. The minimum Gasteiger partial charge on any atom is -0.341 e. The lowest BCUT2D eigenvalue weighted by Gasteiger charge is -2.25. The lowest BCUT2D eigenvalue weighted by molar-refractivity contribution is -0.127. The topological polar surface area (TPSA) is 62.5 Å². The zero-order valence-corrected chi connectivity index (χ0v) is 15.6. The van der Waals surface area contributed by atoms with Crippen LogP contribution in [0.4, 0.5) is 0 Å². The van der Waals surface area contributed by atoms with E-state index in [4.69, 9.17) is 9.51 Å². The second kappa shape index (κ2) is 6.75. The zero-order chi connectivity index (χ0) is 18.3. The molecule has 0 bridgehead atoms. The Morgan fingerprint density at radius 3 is 2.89 bits per heavy atom. The van der Waals surface area contributed by atoms with E-state index in [1.165, 1.54) is 12.8 Å². The fraction of sp³-hybridized carbons (Fsp3) is 0.571. The molecule has 2 aliphatic heterocycles. The van der Waals surface area contributed by atoms with Gasteiger partial charge in [-0.15, -0.1) is 0 Å². The Labute approximate surface area is 159 Å². The van der Waals surface area contributed by atoms with E-state index in [1.807, 2.05) is 35.2 Å². The van der Waals surface area contributed by atoms with Crippen molar-refractivity contribution in [3.05, 3.63) is 36.2 Å². The monoisotopic (exact) mass is 366 g/mol. The molecule has 1 aliphatic carbocycles. The maximum atomic E-state index is 11.9. The number of fused-ring (bicyclic) bond motifs is 1. The van der Waals surface area contributed by atoms with E-state index < -0.39 is 0 Å². The Kier molecular flexibility index (Phi) is 4.23. The summed E-state index contributed by atoms with van der Waals surface area (Å²) in [7, 11) is 0. The third-order valence-corrected chi connectivity index (χ3v) is 6.68. The van der Waals surface area contributed by atoms with Crippen LogP contribution < -0.4 is 0 Å². The summed E-state index contributed by atoms with van der Waals surface area (Å²) in [6.07, 6.45) is 5.30. The van der Waals surface area contributed by atoms with Crippen LogP contribution in [0.2, 0.25) is 0 Å². The van der Waals surface area contributed by atoms with Crippen molar-refractivity contribution >= 4 is 5.91 Å². The first kappa shape index (κ1) is 16.9. The standard InChI is InChI=1S/C21H26N4O2/c26-18-9-5-11-25(18)13-12-24-14-17-8-4-10-21(17,15-24)20-22-19(23-27-20)16-6-2-1-3-7-16/h1-3,6-7,17H,4-5,8-15H2/t17-,21-/m1/s1. The van der Waals surface area contributed by atoms with Crippen molar-refractivity contribution < 1.29 is 9.32 Å². The quantitative estimate of drug-likeness (QED) is 0.814. The molecule has 6 nitrogen and oxygen atoms in total. The van der Waals surface area contributed by atoms with Gasteiger partial charge in [0, 0.05) is 44.7 Å². The lowest BCUT2D eigenvalue weighted by Crippen LogP contribution is -2.37. The third kappa shape index (κ3) is 2.96. The molecular weight excluding hydrogens is 340 g/mol. The highest BCUT2D eigenvalue weighted by Gasteiger charge is 2.54. The average Bonchev–Trinajstić information content (AvgIpc) is 3.44. The number of hydrogen-bond donors (Lipinski definition) is 0. The number of likely N-dealkylation sites (tertiary alicyclic amines) is 2. The van der Waals surface area contributed by atoms with Gasteiger partial charge in [-0.05, 0) is 25.2 Å². The SMILES string of the molecule is O=C1CCCN1CCN1C[C@H]2CCC[C@@]2(c2nc(-c3ccccc3)no2)C1. The number of hydrogen-bond acceptors (Lipinski definition) is 5. The van der Waals surface area contributed by atoms with Crippen LogP contribution in [0.5, 0.6) is 0 Å². The molecule has 27 heavy (non-hydrogen) atoms. The summed E-state index contributed by atoms with van der Waals surface area (Å²) in [5.74, 6) is 2.39. The van der Waals surface area contributed by atoms with Crippen molar-refractivity contribution in [2.45, 2.75) is 37.5 Å². The second-order valence-electron chi connectivity index (χ2n) is 8.25. The van der Waals surface area contributed by atoms with Crippen molar-refractivity contribution in [2.75, 3.05) is 32.7 Å². The average molecular weight is 366 g/mol. The molecule has 2 atom stereocenters. The molecule has 1 aromatic carbocycles. The molecule has 0 N–H and O–H groups in total. The molecule has 3 fully saturated rings. The number of amides is 1. The molecule has 0 radical (unpaired) electrons. The summed E-state index contributed by atoms with van der Waals surface area (Å²) in [4.78, 5) is 21.2. The van der Waals surface area contributed by atoms with E-state index in [1.54, 1.807) is 0 Å². The Bertz CT molecular complexity index is 821. The summed E-state index contributed by atoms with van der Waals surface area (Å²) < 4.78 is 5.80. The fourth-order valence-corrected chi connectivity index (χ4v) is 5.25. The molecule has 2 aromatic rings. The van der Waals surface area contributed by atoms with Crippen molar-refractivity contribution in [3.63, 3.8) is 0 Å². The van der Waals surface area contributed by atoms with Crippen LogP contribution in [0.15, 0.2) is 34.9 Å². The molecule has 0 spiro atoms. The molecule has 6 heteroatoms. The molecule has 3 aliphatic rings. The minimum absolute atomic E-state index is 0.00491.